The van der Waals surface area contributed by atoms with Crippen LogP contribution in [0.15, 0.2) is 36.4 Å². The molecule has 2 aromatic carbocycles. The van der Waals surface area contributed by atoms with Crippen LogP contribution in [0.2, 0.25) is 0 Å². The summed E-state index contributed by atoms with van der Waals surface area (Å²) < 4.78 is 36.0. The van der Waals surface area contributed by atoms with Gasteiger partial charge in [0, 0.05) is 6.07 Å². The number of hydrogen-bond acceptors (Lipinski definition) is 5. The average molecular weight is 392 g/mol. The molecule has 27 heavy (non-hydrogen) atoms. The van der Waals surface area contributed by atoms with Crippen LogP contribution in [0.3, 0.4) is 0 Å². The summed E-state index contributed by atoms with van der Waals surface area (Å²) in [5.41, 5.74) is 2.67. The third kappa shape index (κ3) is 5.37. The van der Waals surface area contributed by atoms with Gasteiger partial charge >= 0.3 is 0 Å². The Hall–Kier alpha value is -2.74. The SMILES string of the molecule is COc1ccc(OC)c(NC(=O)CN(c2cc(C)cc(C)c2)S(C)(=O)=O)c1. The van der Waals surface area contributed by atoms with E-state index in [2.05, 4.69) is 5.32 Å². The van der Waals surface area contributed by atoms with Gasteiger partial charge in [0.25, 0.3) is 0 Å². The first-order valence-electron chi connectivity index (χ1n) is 8.22. The molecule has 146 valence electrons. The molecular weight excluding hydrogens is 368 g/mol. The summed E-state index contributed by atoms with van der Waals surface area (Å²) in [6.07, 6.45) is 1.07. The number of amides is 1. The van der Waals surface area contributed by atoms with Gasteiger partial charge in [-0.2, -0.15) is 0 Å². The Balaban J connectivity index is 2.30. The first-order chi connectivity index (χ1) is 12.6. The molecule has 0 spiro atoms. The van der Waals surface area contributed by atoms with Crippen LogP contribution in [0.25, 0.3) is 0 Å². The monoisotopic (exact) mass is 392 g/mol. The Labute approximate surface area is 160 Å². The predicted octanol–water partition coefficient (Wildman–Crippen LogP) is 2.73. The number of nitrogens with zero attached hydrogens (tertiary/aromatic N) is 1. The van der Waals surface area contributed by atoms with Gasteiger partial charge in [-0.05, 0) is 49.2 Å². The Morgan fingerprint density at radius 2 is 1.67 bits per heavy atom. The summed E-state index contributed by atoms with van der Waals surface area (Å²) in [4.78, 5) is 12.6. The van der Waals surface area contributed by atoms with Crippen LogP contribution in [0.1, 0.15) is 11.1 Å². The van der Waals surface area contributed by atoms with Gasteiger partial charge in [0.2, 0.25) is 15.9 Å². The van der Waals surface area contributed by atoms with E-state index < -0.39 is 15.9 Å². The molecule has 0 saturated carbocycles. The van der Waals surface area contributed by atoms with Crippen molar-refractivity contribution in [3.05, 3.63) is 47.5 Å². The highest BCUT2D eigenvalue weighted by atomic mass is 32.2. The van der Waals surface area contributed by atoms with Gasteiger partial charge < -0.3 is 14.8 Å². The van der Waals surface area contributed by atoms with Crippen molar-refractivity contribution in [2.75, 3.05) is 36.6 Å². The largest absolute Gasteiger partial charge is 0.497 e. The van der Waals surface area contributed by atoms with Crippen LogP contribution < -0.4 is 19.1 Å². The van der Waals surface area contributed by atoms with Crippen molar-refractivity contribution in [1.29, 1.82) is 0 Å². The maximum absolute atomic E-state index is 12.6. The number of nitrogens with one attached hydrogen (secondary N) is 1. The quantitative estimate of drug-likeness (QED) is 0.783. The van der Waals surface area contributed by atoms with E-state index in [0.717, 1.165) is 21.7 Å². The van der Waals surface area contributed by atoms with Crippen LogP contribution in [-0.4, -0.2) is 41.3 Å². The van der Waals surface area contributed by atoms with E-state index in [1.54, 1.807) is 30.3 Å². The molecule has 0 unspecified atom stereocenters. The number of ether oxygens (including phenoxy) is 2. The molecule has 0 bridgehead atoms. The Kier molecular flexibility index (Phi) is 6.32. The first-order valence-corrected chi connectivity index (χ1v) is 10.1. The van der Waals surface area contributed by atoms with Gasteiger partial charge in [0.15, 0.2) is 0 Å². The Morgan fingerprint density at radius 1 is 1.04 bits per heavy atom. The fraction of sp³-hybridized carbons (Fsp3) is 0.316. The molecule has 2 rings (SSSR count). The summed E-state index contributed by atoms with van der Waals surface area (Å²) in [5, 5.41) is 2.69. The Morgan fingerprint density at radius 3 is 2.19 bits per heavy atom. The number of rotatable bonds is 7. The normalized spacial score (nSPS) is 11.0. The Bertz CT molecular complexity index is 921. The molecule has 0 atom stereocenters. The highest BCUT2D eigenvalue weighted by Gasteiger charge is 2.22. The van der Waals surface area contributed by atoms with Crippen molar-refractivity contribution >= 4 is 27.3 Å². The third-order valence-corrected chi connectivity index (χ3v) is 5.00. The van der Waals surface area contributed by atoms with Gasteiger partial charge in [-0.3, -0.25) is 9.10 Å². The van der Waals surface area contributed by atoms with Crippen molar-refractivity contribution in [1.82, 2.24) is 0 Å². The average Bonchev–Trinajstić information content (AvgIpc) is 2.57. The predicted molar refractivity (Wildman–Crippen MR) is 106 cm³/mol. The number of hydrogen-bond donors (Lipinski definition) is 1. The van der Waals surface area contributed by atoms with E-state index in [1.807, 2.05) is 19.9 Å². The van der Waals surface area contributed by atoms with Crippen molar-refractivity contribution < 1.29 is 22.7 Å². The van der Waals surface area contributed by atoms with Crippen LogP contribution in [0, 0.1) is 13.8 Å². The maximum atomic E-state index is 12.6. The molecule has 1 N–H and O–H groups in total. The molecule has 7 nitrogen and oxygen atoms in total. The van der Waals surface area contributed by atoms with Crippen LogP contribution in [0.4, 0.5) is 11.4 Å². The van der Waals surface area contributed by atoms with E-state index in [1.165, 1.54) is 14.2 Å². The van der Waals surface area contributed by atoms with Gasteiger partial charge in [-0.15, -0.1) is 0 Å². The van der Waals surface area contributed by atoms with Crippen LogP contribution in [0.5, 0.6) is 11.5 Å². The number of sulfonamides is 1. The zero-order chi connectivity index (χ0) is 20.2. The maximum Gasteiger partial charge on any atom is 0.245 e. The lowest BCUT2D eigenvalue weighted by molar-refractivity contribution is -0.114. The molecular formula is C19H24N2O5S. The van der Waals surface area contributed by atoms with Crippen LogP contribution in [-0.2, 0) is 14.8 Å². The minimum atomic E-state index is -3.65. The highest BCUT2D eigenvalue weighted by molar-refractivity contribution is 7.92. The molecule has 0 aliphatic rings. The second-order valence-corrected chi connectivity index (χ2v) is 8.14. The number of aryl methyl sites for hydroxylation is 2. The van der Waals surface area contributed by atoms with Gasteiger partial charge in [0.1, 0.15) is 18.0 Å². The van der Waals surface area contributed by atoms with E-state index in [0.29, 0.717) is 22.9 Å². The van der Waals surface area contributed by atoms with E-state index in [9.17, 15) is 13.2 Å². The minimum Gasteiger partial charge on any atom is -0.497 e. The van der Waals surface area contributed by atoms with E-state index >= 15 is 0 Å². The smallest absolute Gasteiger partial charge is 0.245 e. The number of methoxy groups -OCH3 is 2. The van der Waals surface area contributed by atoms with Crippen molar-refractivity contribution in [3.63, 3.8) is 0 Å². The van der Waals surface area contributed by atoms with Crippen molar-refractivity contribution in [2.24, 2.45) is 0 Å². The zero-order valence-corrected chi connectivity index (χ0v) is 16.9. The topological polar surface area (TPSA) is 84.9 Å². The summed E-state index contributed by atoms with van der Waals surface area (Å²) in [7, 11) is -0.656. The zero-order valence-electron chi connectivity index (χ0n) is 16.1. The molecule has 0 fully saturated rings. The van der Waals surface area contributed by atoms with Crippen molar-refractivity contribution in [3.8, 4) is 11.5 Å². The lowest BCUT2D eigenvalue weighted by atomic mass is 10.1. The van der Waals surface area contributed by atoms with Crippen molar-refractivity contribution in [2.45, 2.75) is 13.8 Å². The summed E-state index contributed by atoms with van der Waals surface area (Å²) in [5.74, 6) is 0.493. The van der Waals surface area contributed by atoms with Gasteiger partial charge in [-0.1, -0.05) is 6.07 Å². The minimum absolute atomic E-state index is 0.359. The van der Waals surface area contributed by atoms with E-state index in [-0.39, 0.29) is 6.54 Å². The fourth-order valence-corrected chi connectivity index (χ4v) is 3.57. The molecule has 0 heterocycles. The summed E-state index contributed by atoms with van der Waals surface area (Å²) in [6, 6.07) is 10.4. The van der Waals surface area contributed by atoms with Crippen LogP contribution >= 0.6 is 0 Å². The molecule has 0 radical (unpaired) electrons. The van der Waals surface area contributed by atoms with Gasteiger partial charge in [-0.25, -0.2) is 8.42 Å². The third-order valence-electron chi connectivity index (χ3n) is 3.86. The molecule has 1 amide bonds. The molecule has 0 aliphatic carbocycles. The number of benzene rings is 2. The summed E-state index contributed by atoms with van der Waals surface area (Å²) >= 11 is 0. The van der Waals surface area contributed by atoms with E-state index in [4.69, 9.17) is 9.47 Å². The molecule has 2 aromatic rings. The fourth-order valence-electron chi connectivity index (χ4n) is 2.73. The lowest BCUT2D eigenvalue weighted by Gasteiger charge is -2.23. The number of carbonyl (C=O) groups excluding carboxylic acids is 1. The lowest BCUT2D eigenvalue weighted by Crippen LogP contribution is -2.37. The highest BCUT2D eigenvalue weighted by Crippen LogP contribution is 2.29. The standard InChI is InChI=1S/C19H24N2O5S/c1-13-8-14(2)10-15(9-13)21(27(5,23)24)12-19(22)20-17-11-16(25-3)6-7-18(17)26-4/h6-11H,12H2,1-5H3,(H,20,22). The second-order valence-electron chi connectivity index (χ2n) is 6.23. The molecule has 0 aromatic heterocycles. The second kappa shape index (κ2) is 8.30. The van der Waals surface area contributed by atoms with Gasteiger partial charge in [0.05, 0.1) is 31.9 Å². The number of anilines is 2. The molecule has 0 aliphatic heterocycles. The summed E-state index contributed by atoms with van der Waals surface area (Å²) in [6.45, 7) is 3.39. The molecule has 8 heteroatoms. The number of carbonyl (C=O) groups is 1. The first kappa shape index (κ1) is 20.6. The molecule has 0 saturated heterocycles.